The molecule has 0 aromatic carbocycles. The van der Waals surface area contributed by atoms with Gasteiger partial charge in [0.25, 0.3) is 0 Å². The van der Waals surface area contributed by atoms with Gasteiger partial charge in [-0.25, -0.2) is 0 Å². The highest BCUT2D eigenvalue weighted by atomic mass is 16.3. The SMILES string of the molecule is CC(=O)[C@@]1(O)CC[C@H]2[C@@H]3C[C@H](O)[C@@]4(O)C[C@@H](O)CC[C@]4(C)[C@H]3CC[C@@]21C. The van der Waals surface area contributed by atoms with Gasteiger partial charge in [0.05, 0.1) is 17.8 Å². The van der Waals surface area contributed by atoms with Gasteiger partial charge in [-0.2, -0.15) is 0 Å². The first-order chi connectivity index (χ1) is 12.0. The third-order valence-electron chi connectivity index (χ3n) is 9.57. The van der Waals surface area contributed by atoms with E-state index in [4.69, 9.17) is 0 Å². The van der Waals surface area contributed by atoms with Crippen LogP contribution in [0.15, 0.2) is 0 Å². The van der Waals surface area contributed by atoms with Crippen molar-refractivity contribution in [1.29, 1.82) is 0 Å². The molecule has 26 heavy (non-hydrogen) atoms. The molecule has 0 radical (unpaired) electrons. The molecule has 0 aromatic rings. The van der Waals surface area contributed by atoms with Crippen LogP contribution in [-0.2, 0) is 4.79 Å². The van der Waals surface area contributed by atoms with Crippen LogP contribution in [0.3, 0.4) is 0 Å². The van der Waals surface area contributed by atoms with E-state index in [1.54, 1.807) is 0 Å². The summed E-state index contributed by atoms with van der Waals surface area (Å²) in [6.07, 6.45) is 3.63. The van der Waals surface area contributed by atoms with Crippen molar-refractivity contribution in [3.05, 3.63) is 0 Å². The first-order valence-electron chi connectivity index (χ1n) is 10.3. The maximum Gasteiger partial charge on any atom is 0.161 e. The van der Waals surface area contributed by atoms with E-state index in [-0.39, 0.29) is 30.0 Å². The standard InChI is InChI=1S/C21H34O5/c1-12(22)20(25)9-6-16-14-10-17(24)21(26)11-13(23)4-7-19(21,3)15(14)5-8-18(16,20)2/h13-17,23-26H,4-11H2,1-3H3/t13-,14+,15-,16-,17-,18-,19+,20-,21-/m0/s1. The van der Waals surface area contributed by atoms with E-state index in [1.807, 2.05) is 0 Å². The van der Waals surface area contributed by atoms with Crippen LogP contribution in [0.5, 0.6) is 0 Å². The van der Waals surface area contributed by atoms with E-state index in [2.05, 4.69) is 13.8 Å². The van der Waals surface area contributed by atoms with Crippen LogP contribution >= 0.6 is 0 Å². The average molecular weight is 366 g/mol. The maximum atomic E-state index is 12.3. The fraction of sp³-hybridized carbons (Fsp3) is 0.952. The van der Waals surface area contributed by atoms with Gasteiger partial charge in [0.1, 0.15) is 5.60 Å². The number of carbonyl (C=O) groups excluding carboxylic acids is 1. The second kappa shape index (κ2) is 5.53. The van der Waals surface area contributed by atoms with Crippen LogP contribution in [0.25, 0.3) is 0 Å². The molecule has 0 heterocycles. The smallest absolute Gasteiger partial charge is 0.161 e. The van der Waals surface area contributed by atoms with E-state index < -0.39 is 34.2 Å². The number of hydrogen-bond acceptors (Lipinski definition) is 5. The second-order valence-corrected chi connectivity index (χ2v) is 10.3. The Morgan fingerprint density at radius 3 is 2.15 bits per heavy atom. The van der Waals surface area contributed by atoms with Gasteiger partial charge in [-0.15, -0.1) is 0 Å². The summed E-state index contributed by atoms with van der Waals surface area (Å²) in [5.41, 5.74) is -3.37. The Balaban J connectivity index is 1.72. The van der Waals surface area contributed by atoms with E-state index in [9.17, 15) is 25.2 Å². The lowest BCUT2D eigenvalue weighted by molar-refractivity contribution is -0.267. The van der Waals surface area contributed by atoms with Crippen molar-refractivity contribution in [3.63, 3.8) is 0 Å². The number of rotatable bonds is 1. The number of Topliss-reactive ketones (excluding diaryl/α,β-unsaturated/α-hetero) is 1. The Hall–Kier alpha value is -0.490. The van der Waals surface area contributed by atoms with Crippen molar-refractivity contribution in [1.82, 2.24) is 0 Å². The third-order valence-corrected chi connectivity index (χ3v) is 9.57. The molecule has 4 fully saturated rings. The van der Waals surface area contributed by atoms with Crippen LogP contribution in [0.2, 0.25) is 0 Å². The highest BCUT2D eigenvalue weighted by Gasteiger charge is 2.70. The minimum atomic E-state index is -1.26. The summed E-state index contributed by atoms with van der Waals surface area (Å²) >= 11 is 0. The van der Waals surface area contributed by atoms with Gasteiger partial charge in [0.15, 0.2) is 5.78 Å². The van der Waals surface area contributed by atoms with Crippen molar-refractivity contribution < 1.29 is 25.2 Å². The maximum absolute atomic E-state index is 12.3. The summed E-state index contributed by atoms with van der Waals surface area (Å²) < 4.78 is 0. The zero-order chi connectivity index (χ0) is 19.1. The summed E-state index contributed by atoms with van der Waals surface area (Å²) in [5, 5.41) is 43.6. The number of ketones is 1. The first-order valence-corrected chi connectivity index (χ1v) is 10.3. The molecule has 0 unspecified atom stereocenters. The summed E-state index contributed by atoms with van der Waals surface area (Å²) in [4.78, 5) is 12.3. The summed E-state index contributed by atoms with van der Waals surface area (Å²) in [7, 11) is 0. The van der Waals surface area contributed by atoms with E-state index >= 15 is 0 Å². The van der Waals surface area contributed by atoms with Crippen LogP contribution in [0.4, 0.5) is 0 Å². The number of aliphatic hydroxyl groups excluding tert-OH is 2. The van der Waals surface area contributed by atoms with Gasteiger partial charge in [0.2, 0.25) is 0 Å². The van der Waals surface area contributed by atoms with Gasteiger partial charge in [-0.05, 0) is 69.6 Å². The normalized spacial score (nSPS) is 59.3. The zero-order valence-corrected chi connectivity index (χ0v) is 16.2. The fourth-order valence-electron chi connectivity index (χ4n) is 7.85. The first kappa shape index (κ1) is 18.9. The Labute approximate surface area is 155 Å². The zero-order valence-electron chi connectivity index (χ0n) is 16.2. The minimum absolute atomic E-state index is 0.138. The van der Waals surface area contributed by atoms with Gasteiger partial charge < -0.3 is 20.4 Å². The third kappa shape index (κ3) is 2.04. The molecule has 0 spiro atoms. The molecule has 0 bridgehead atoms. The van der Waals surface area contributed by atoms with Gasteiger partial charge in [0, 0.05) is 17.3 Å². The molecule has 0 aromatic heterocycles. The molecule has 4 aliphatic rings. The molecule has 4 rings (SSSR count). The molecule has 9 atom stereocenters. The summed E-state index contributed by atoms with van der Waals surface area (Å²) in [6.45, 7) is 5.65. The minimum Gasteiger partial charge on any atom is -0.393 e. The Morgan fingerprint density at radius 1 is 0.923 bits per heavy atom. The quantitative estimate of drug-likeness (QED) is 0.567. The number of hydrogen-bond donors (Lipinski definition) is 4. The topological polar surface area (TPSA) is 98.0 Å². The Kier molecular flexibility index (Phi) is 4.01. The molecule has 4 N–H and O–H groups in total. The van der Waals surface area contributed by atoms with Crippen LogP contribution in [0, 0.1) is 28.6 Å². The van der Waals surface area contributed by atoms with E-state index in [0.717, 1.165) is 19.3 Å². The van der Waals surface area contributed by atoms with E-state index in [0.29, 0.717) is 25.7 Å². The Morgan fingerprint density at radius 2 is 1.50 bits per heavy atom. The lowest BCUT2D eigenvalue weighted by Gasteiger charge is -2.65. The van der Waals surface area contributed by atoms with Crippen LogP contribution < -0.4 is 0 Å². The highest BCUT2D eigenvalue weighted by Crippen LogP contribution is 2.69. The molecular formula is C21H34O5. The van der Waals surface area contributed by atoms with Gasteiger partial charge in [-0.1, -0.05) is 13.8 Å². The molecule has 0 aliphatic heterocycles. The highest BCUT2D eigenvalue weighted by molar-refractivity contribution is 5.86. The van der Waals surface area contributed by atoms with Crippen molar-refractivity contribution in [2.24, 2.45) is 28.6 Å². The molecule has 4 saturated carbocycles. The molecule has 5 nitrogen and oxygen atoms in total. The van der Waals surface area contributed by atoms with Crippen molar-refractivity contribution in [3.8, 4) is 0 Å². The molecule has 5 heteroatoms. The van der Waals surface area contributed by atoms with Gasteiger partial charge >= 0.3 is 0 Å². The second-order valence-electron chi connectivity index (χ2n) is 10.3. The van der Waals surface area contributed by atoms with Crippen molar-refractivity contribution in [2.75, 3.05) is 0 Å². The molecule has 0 amide bonds. The molecule has 148 valence electrons. The lowest BCUT2D eigenvalue weighted by atomic mass is 9.42. The largest absolute Gasteiger partial charge is 0.393 e. The van der Waals surface area contributed by atoms with Crippen LogP contribution in [-0.4, -0.2) is 49.6 Å². The number of carbonyl (C=O) groups is 1. The average Bonchev–Trinajstić information content (AvgIpc) is 2.84. The molecular weight excluding hydrogens is 332 g/mol. The predicted octanol–water partition coefficient (Wildman–Crippen LogP) is 1.80. The predicted molar refractivity (Wildman–Crippen MR) is 96.2 cm³/mol. The number of fused-ring (bicyclic) bond motifs is 5. The molecule has 0 saturated heterocycles. The van der Waals surface area contributed by atoms with Crippen LogP contribution in [0.1, 0.15) is 72.1 Å². The number of aliphatic hydroxyl groups is 4. The summed E-state index contributed by atoms with van der Waals surface area (Å²) in [5.74, 6) is 0.521. The summed E-state index contributed by atoms with van der Waals surface area (Å²) in [6, 6.07) is 0. The monoisotopic (exact) mass is 366 g/mol. The van der Waals surface area contributed by atoms with Crippen molar-refractivity contribution >= 4 is 5.78 Å². The van der Waals surface area contributed by atoms with Gasteiger partial charge in [-0.3, -0.25) is 4.79 Å². The van der Waals surface area contributed by atoms with E-state index in [1.165, 1.54) is 6.92 Å². The Bertz CT molecular complexity index is 622. The fourth-order valence-corrected chi connectivity index (χ4v) is 7.85. The van der Waals surface area contributed by atoms with Crippen molar-refractivity contribution in [2.45, 2.75) is 95.5 Å². The molecule has 4 aliphatic carbocycles. The lowest BCUT2D eigenvalue weighted by Crippen LogP contribution is -2.69.